The molecule has 0 spiro atoms. The molecule has 2 atom stereocenters. The third kappa shape index (κ3) is 1.52. The van der Waals surface area contributed by atoms with Crippen molar-refractivity contribution in [1.82, 2.24) is 5.32 Å². The van der Waals surface area contributed by atoms with Crippen LogP contribution in [0.15, 0.2) is 23.0 Å². The van der Waals surface area contributed by atoms with E-state index in [-0.39, 0.29) is 11.8 Å². The molecule has 1 fully saturated rings. The van der Waals surface area contributed by atoms with Gasteiger partial charge in [0.15, 0.2) is 0 Å². The highest BCUT2D eigenvalue weighted by atomic mass is 19.1. The summed E-state index contributed by atoms with van der Waals surface area (Å²) in [6.07, 6.45) is 2.59. The Labute approximate surface area is 93.3 Å². The van der Waals surface area contributed by atoms with Crippen LogP contribution < -0.4 is 5.32 Å². The van der Waals surface area contributed by atoms with Gasteiger partial charge in [-0.05, 0) is 11.1 Å². The predicted molar refractivity (Wildman–Crippen MR) is 56.3 cm³/mol. The van der Waals surface area contributed by atoms with Gasteiger partial charge in [-0.1, -0.05) is 6.08 Å². The Bertz CT molecular complexity index is 400. The van der Waals surface area contributed by atoms with E-state index in [9.17, 15) is 9.18 Å². The summed E-state index contributed by atoms with van der Waals surface area (Å²) in [6, 6.07) is 0. The lowest BCUT2D eigenvalue weighted by molar-refractivity contribution is -0.119. The Morgan fingerprint density at radius 2 is 2.31 bits per heavy atom. The molecule has 0 saturated carbocycles. The van der Waals surface area contributed by atoms with Gasteiger partial charge >= 0.3 is 0 Å². The number of allylic oxidation sites excluding steroid dienone is 2. The van der Waals surface area contributed by atoms with Gasteiger partial charge in [-0.3, -0.25) is 4.79 Å². The van der Waals surface area contributed by atoms with E-state index in [1.807, 2.05) is 6.08 Å². The van der Waals surface area contributed by atoms with Crippen LogP contribution in [0.1, 0.15) is 19.3 Å². The molecule has 86 valence electrons. The van der Waals surface area contributed by atoms with Crippen LogP contribution in [0.5, 0.6) is 0 Å². The summed E-state index contributed by atoms with van der Waals surface area (Å²) in [5.74, 6) is 0.881. The van der Waals surface area contributed by atoms with Gasteiger partial charge in [0.25, 0.3) is 0 Å². The highest BCUT2D eigenvalue weighted by molar-refractivity contribution is 5.79. The van der Waals surface area contributed by atoms with Crippen LogP contribution in [0.25, 0.3) is 0 Å². The molecule has 2 unspecified atom stereocenters. The molecule has 0 radical (unpaired) electrons. The fourth-order valence-electron chi connectivity index (χ4n) is 2.65. The first-order valence-electron chi connectivity index (χ1n) is 5.71. The number of amides is 1. The van der Waals surface area contributed by atoms with Crippen LogP contribution in [-0.2, 0) is 9.53 Å². The maximum Gasteiger partial charge on any atom is 0.220 e. The number of ether oxygens (including phenoxy) is 1. The quantitative estimate of drug-likeness (QED) is 0.731. The Hall–Kier alpha value is -1.32. The van der Waals surface area contributed by atoms with Crippen LogP contribution in [0.2, 0.25) is 0 Å². The number of carbonyl (C=O) groups excluding carboxylic acids is 1. The van der Waals surface area contributed by atoms with E-state index < -0.39 is 6.17 Å². The van der Waals surface area contributed by atoms with Crippen molar-refractivity contribution in [3.63, 3.8) is 0 Å². The average molecular weight is 223 g/mol. The van der Waals surface area contributed by atoms with Crippen molar-refractivity contribution in [3.05, 3.63) is 23.0 Å². The lowest BCUT2D eigenvalue weighted by atomic mass is 9.86. The average Bonchev–Trinajstić information content (AvgIpc) is 2.84. The number of hydrogen-bond acceptors (Lipinski definition) is 2. The van der Waals surface area contributed by atoms with E-state index in [1.165, 1.54) is 0 Å². The van der Waals surface area contributed by atoms with Gasteiger partial charge in [0.1, 0.15) is 11.9 Å². The van der Waals surface area contributed by atoms with Crippen LogP contribution in [0.3, 0.4) is 0 Å². The molecule has 1 amide bonds. The lowest BCUT2D eigenvalue weighted by Crippen LogP contribution is -2.20. The first-order chi connectivity index (χ1) is 7.74. The summed E-state index contributed by atoms with van der Waals surface area (Å²) in [5, 5.41) is 2.75. The van der Waals surface area contributed by atoms with E-state index in [0.717, 1.165) is 23.3 Å². The largest absolute Gasteiger partial charge is 0.497 e. The van der Waals surface area contributed by atoms with Crippen LogP contribution in [0.4, 0.5) is 4.39 Å². The van der Waals surface area contributed by atoms with Crippen molar-refractivity contribution in [2.75, 3.05) is 13.2 Å². The summed E-state index contributed by atoms with van der Waals surface area (Å²) in [4.78, 5) is 11.1. The molecule has 16 heavy (non-hydrogen) atoms. The van der Waals surface area contributed by atoms with Crippen LogP contribution in [-0.4, -0.2) is 25.2 Å². The maximum absolute atomic E-state index is 13.9. The minimum absolute atomic E-state index is 0.0283. The zero-order chi connectivity index (χ0) is 11.1. The summed E-state index contributed by atoms with van der Waals surface area (Å²) < 4.78 is 19.3. The van der Waals surface area contributed by atoms with Gasteiger partial charge in [-0.2, -0.15) is 0 Å². The Morgan fingerprint density at radius 3 is 3.06 bits per heavy atom. The smallest absolute Gasteiger partial charge is 0.220 e. The van der Waals surface area contributed by atoms with Gasteiger partial charge in [0.05, 0.1) is 6.61 Å². The SMILES string of the molecule is O=C1CC(C2=CC3=C(CC2F)OCC3)CN1. The molecular weight excluding hydrogens is 209 g/mol. The van der Waals surface area contributed by atoms with Crippen molar-refractivity contribution in [2.24, 2.45) is 5.92 Å². The molecule has 2 heterocycles. The minimum atomic E-state index is -0.977. The normalized spacial score (nSPS) is 33.3. The second-order valence-corrected chi connectivity index (χ2v) is 4.57. The first-order valence-corrected chi connectivity index (χ1v) is 5.71. The first kappa shape index (κ1) is 9.87. The van der Waals surface area contributed by atoms with Gasteiger partial charge in [0, 0.05) is 31.7 Å². The summed E-state index contributed by atoms with van der Waals surface area (Å²) in [6.45, 7) is 1.25. The Kier molecular flexibility index (Phi) is 2.23. The predicted octanol–water partition coefficient (Wildman–Crippen LogP) is 1.47. The molecule has 2 aliphatic heterocycles. The van der Waals surface area contributed by atoms with Gasteiger partial charge < -0.3 is 10.1 Å². The highest BCUT2D eigenvalue weighted by Crippen LogP contribution is 2.37. The summed E-state index contributed by atoms with van der Waals surface area (Å²) >= 11 is 0. The molecule has 3 rings (SSSR count). The van der Waals surface area contributed by atoms with Gasteiger partial charge in [-0.25, -0.2) is 4.39 Å². The summed E-state index contributed by atoms with van der Waals surface area (Å²) in [7, 11) is 0. The zero-order valence-corrected chi connectivity index (χ0v) is 8.96. The lowest BCUT2D eigenvalue weighted by Gasteiger charge is -2.22. The third-order valence-electron chi connectivity index (χ3n) is 3.52. The molecule has 1 saturated heterocycles. The number of nitrogens with one attached hydrogen (secondary N) is 1. The molecule has 1 N–H and O–H groups in total. The topological polar surface area (TPSA) is 38.3 Å². The van der Waals surface area contributed by atoms with Crippen molar-refractivity contribution in [2.45, 2.75) is 25.4 Å². The molecule has 3 aliphatic rings. The van der Waals surface area contributed by atoms with Crippen molar-refractivity contribution in [3.8, 4) is 0 Å². The number of hydrogen-bond donors (Lipinski definition) is 1. The van der Waals surface area contributed by atoms with Crippen molar-refractivity contribution in [1.29, 1.82) is 0 Å². The van der Waals surface area contributed by atoms with Crippen LogP contribution >= 0.6 is 0 Å². The Balaban J connectivity index is 1.86. The van der Waals surface area contributed by atoms with E-state index >= 15 is 0 Å². The van der Waals surface area contributed by atoms with Gasteiger partial charge in [-0.15, -0.1) is 0 Å². The van der Waals surface area contributed by atoms with Crippen molar-refractivity contribution < 1.29 is 13.9 Å². The fourth-order valence-corrected chi connectivity index (χ4v) is 2.65. The fraction of sp³-hybridized carbons (Fsp3) is 0.583. The zero-order valence-electron chi connectivity index (χ0n) is 8.96. The molecule has 3 nitrogen and oxygen atoms in total. The number of halogens is 1. The van der Waals surface area contributed by atoms with E-state index in [2.05, 4.69) is 5.32 Å². The van der Waals surface area contributed by atoms with E-state index in [0.29, 0.717) is 26.0 Å². The maximum atomic E-state index is 13.9. The molecular formula is C12H14FNO2. The van der Waals surface area contributed by atoms with E-state index in [1.54, 1.807) is 0 Å². The molecule has 0 bridgehead atoms. The summed E-state index contributed by atoms with van der Waals surface area (Å²) in [5.41, 5.74) is 1.91. The minimum Gasteiger partial charge on any atom is -0.497 e. The Morgan fingerprint density at radius 1 is 1.44 bits per heavy atom. The third-order valence-corrected chi connectivity index (χ3v) is 3.52. The second-order valence-electron chi connectivity index (χ2n) is 4.57. The molecule has 1 aliphatic carbocycles. The molecule has 0 aromatic heterocycles. The molecule has 0 aromatic carbocycles. The molecule has 0 aromatic rings. The number of carbonyl (C=O) groups is 1. The number of rotatable bonds is 1. The van der Waals surface area contributed by atoms with Crippen molar-refractivity contribution >= 4 is 5.91 Å². The second kappa shape index (κ2) is 3.61. The van der Waals surface area contributed by atoms with E-state index in [4.69, 9.17) is 4.74 Å². The monoisotopic (exact) mass is 223 g/mol. The highest BCUT2D eigenvalue weighted by Gasteiger charge is 2.34. The molecule has 4 heteroatoms. The van der Waals surface area contributed by atoms with Gasteiger partial charge in [0.2, 0.25) is 5.91 Å². The number of alkyl halides is 1. The standard InChI is InChI=1S/C12H14FNO2/c13-10-5-11-7(1-2-16-11)3-9(10)8-4-12(15)14-6-8/h3,8,10H,1-2,4-6H2,(H,14,15). The van der Waals surface area contributed by atoms with Crippen LogP contribution in [0, 0.1) is 5.92 Å².